The summed E-state index contributed by atoms with van der Waals surface area (Å²) in [5, 5.41) is 3.17. The van der Waals surface area contributed by atoms with Crippen LogP contribution in [0.5, 0.6) is 11.5 Å². The monoisotopic (exact) mass is 462 g/mol. The number of anilines is 3. The maximum atomic E-state index is 13.2. The quantitative estimate of drug-likeness (QED) is 0.448. The number of aryl methyl sites for hydroxylation is 2. The minimum atomic E-state index is -3.89. The van der Waals surface area contributed by atoms with Crippen LogP contribution in [0.4, 0.5) is 17.3 Å². The molecular weight excluding hydrogens is 440 g/mol. The van der Waals surface area contributed by atoms with E-state index in [1.807, 2.05) is 38.1 Å². The van der Waals surface area contributed by atoms with Crippen molar-refractivity contribution in [2.45, 2.75) is 18.7 Å². The van der Waals surface area contributed by atoms with Gasteiger partial charge in [-0.15, -0.1) is 0 Å². The summed E-state index contributed by atoms with van der Waals surface area (Å²) in [6.45, 7) is 4.77. The fourth-order valence-electron chi connectivity index (χ4n) is 3.48. The summed E-state index contributed by atoms with van der Waals surface area (Å²) >= 11 is 0. The lowest BCUT2D eigenvalue weighted by atomic mass is 10.1. The molecule has 0 saturated carbocycles. The largest absolute Gasteiger partial charge is 0.486 e. The van der Waals surface area contributed by atoms with Crippen LogP contribution in [0.1, 0.15) is 11.1 Å². The molecule has 2 N–H and O–H groups in total. The lowest BCUT2D eigenvalue weighted by Gasteiger charge is -2.19. The van der Waals surface area contributed by atoms with Crippen molar-refractivity contribution in [3.05, 3.63) is 71.8 Å². The van der Waals surface area contributed by atoms with Crippen LogP contribution in [-0.2, 0) is 10.0 Å². The Morgan fingerprint density at radius 1 is 0.788 bits per heavy atom. The second-order valence-electron chi connectivity index (χ2n) is 7.74. The fraction of sp³-hybridized carbons (Fsp3) is 0.167. The minimum absolute atomic E-state index is 0.0989. The topological polar surface area (TPSA) is 102 Å². The molecule has 9 heteroatoms. The number of rotatable bonds is 5. The molecule has 0 aliphatic carbocycles. The van der Waals surface area contributed by atoms with E-state index in [9.17, 15) is 8.42 Å². The minimum Gasteiger partial charge on any atom is -0.486 e. The van der Waals surface area contributed by atoms with E-state index in [0.717, 1.165) is 11.1 Å². The van der Waals surface area contributed by atoms with Gasteiger partial charge in [-0.05, 0) is 61.4 Å². The number of sulfonamides is 1. The molecule has 1 aliphatic heterocycles. The zero-order valence-electron chi connectivity index (χ0n) is 18.1. The first-order valence-corrected chi connectivity index (χ1v) is 11.9. The number of nitrogens with one attached hydrogen (secondary N) is 2. The number of benzene rings is 3. The van der Waals surface area contributed by atoms with Crippen LogP contribution < -0.4 is 19.5 Å². The van der Waals surface area contributed by atoms with Crippen molar-refractivity contribution in [3.8, 4) is 11.5 Å². The van der Waals surface area contributed by atoms with Crippen LogP contribution in [0.25, 0.3) is 11.0 Å². The van der Waals surface area contributed by atoms with Gasteiger partial charge in [0.15, 0.2) is 23.1 Å². The number of nitrogens with zero attached hydrogens (tertiary/aromatic N) is 2. The third-order valence-corrected chi connectivity index (χ3v) is 6.73. The highest BCUT2D eigenvalue weighted by atomic mass is 32.2. The molecule has 0 radical (unpaired) electrons. The van der Waals surface area contributed by atoms with Gasteiger partial charge < -0.3 is 14.8 Å². The number of para-hydroxylation sites is 2. The summed E-state index contributed by atoms with van der Waals surface area (Å²) in [5.74, 6) is 1.64. The Morgan fingerprint density at radius 3 is 2.21 bits per heavy atom. The molecule has 0 unspecified atom stereocenters. The van der Waals surface area contributed by atoms with Gasteiger partial charge >= 0.3 is 0 Å². The summed E-state index contributed by atoms with van der Waals surface area (Å²) in [6.07, 6.45) is 0. The maximum Gasteiger partial charge on any atom is 0.263 e. The molecule has 5 rings (SSSR count). The number of fused-ring (bicyclic) bond motifs is 2. The molecule has 1 aliphatic rings. The molecule has 0 fully saturated rings. The van der Waals surface area contributed by atoms with Crippen molar-refractivity contribution >= 4 is 38.4 Å². The van der Waals surface area contributed by atoms with Gasteiger partial charge in [0, 0.05) is 11.8 Å². The molecule has 4 aromatic rings. The first-order chi connectivity index (χ1) is 15.9. The lowest BCUT2D eigenvalue weighted by molar-refractivity contribution is 0.171. The van der Waals surface area contributed by atoms with Crippen LogP contribution in [-0.4, -0.2) is 31.6 Å². The molecule has 0 amide bonds. The summed E-state index contributed by atoms with van der Waals surface area (Å²) in [6, 6.07) is 17.7. The van der Waals surface area contributed by atoms with Gasteiger partial charge in [0.25, 0.3) is 10.0 Å². The highest BCUT2D eigenvalue weighted by Crippen LogP contribution is 2.35. The average Bonchev–Trinajstić information content (AvgIpc) is 2.81. The smallest absolute Gasteiger partial charge is 0.263 e. The van der Waals surface area contributed by atoms with Crippen LogP contribution in [0, 0.1) is 13.8 Å². The molecule has 2 heterocycles. The maximum absolute atomic E-state index is 13.2. The average molecular weight is 463 g/mol. The predicted molar refractivity (Wildman–Crippen MR) is 127 cm³/mol. The van der Waals surface area contributed by atoms with Crippen LogP contribution in [0.15, 0.2) is 65.6 Å². The Bertz CT molecular complexity index is 1470. The summed E-state index contributed by atoms with van der Waals surface area (Å²) in [5.41, 5.74) is 3.77. The van der Waals surface area contributed by atoms with Gasteiger partial charge in [-0.2, -0.15) is 0 Å². The molecule has 8 nitrogen and oxygen atoms in total. The molecule has 1 aromatic heterocycles. The molecule has 168 valence electrons. The second-order valence-corrected chi connectivity index (χ2v) is 9.43. The molecule has 0 bridgehead atoms. The van der Waals surface area contributed by atoms with E-state index in [4.69, 9.17) is 9.47 Å². The number of hydrogen-bond donors (Lipinski definition) is 2. The number of aromatic nitrogens is 2. The van der Waals surface area contributed by atoms with E-state index in [2.05, 4.69) is 20.0 Å². The van der Waals surface area contributed by atoms with Crippen molar-refractivity contribution in [1.29, 1.82) is 0 Å². The Hall–Kier alpha value is -3.85. The van der Waals surface area contributed by atoms with Gasteiger partial charge in [0.1, 0.15) is 13.2 Å². The Balaban J connectivity index is 1.55. The summed E-state index contributed by atoms with van der Waals surface area (Å²) < 4.78 is 40.1. The fourth-order valence-corrected chi connectivity index (χ4v) is 4.58. The van der Waals surface area contributed by atoms with Gasteiger partial charge in [0.2, 0.25) is 0 Å². The van der Waals surface area contributed by atoms with Crippen molar-refractivity contribution < 1.29 is 17.9 Å². The highest BCUT2D eigenvalue weighted by molar-refractivity contribution is 7.92. The standard InChI is InChI=1S/C24H22N4O4S/c1-15-7-9-18(13-16(15)2)33(29,30)28-24-23(26-19-5-3-4-6-20(19)27-24)25-17-8-10-21-22(14-17)32-12-11-31-21/h3-10,13-14H,11-12H2,1-2H3,(H,25,26)(H,27,28). The third-order valence-electron chi connectivity index (χ3n) is 5.40. The van der Waals surface area contributed by atoms with Crippen molar-refractivity contribution in [3.63, 3.8) is 0 Å². The first kappa shape index (κ1) is 21.0. The van der Waals surface area contributed by atoms with Crippen LogP contribution in [0.3, 0.4) is 0 Å². The Kier molecular flexibility index (Phi) is 5.26. The van der Waals surface area contributed by atoms with E-state index >= 15 is 0 Å². The highest BCUT2D eigenvalue weighted by Gasteiger charge is 2.20. The van der Waals surface area contributed by atoms with Crippen molar-refractivity contribution in [1.82, 2.24) is 9.97 Å². The van der Waals surface area contributed by atoms with E-state index in [1.165, 1.54) is 0 Å². The molecule has 3 aromatic carbocycles. The lowest BCUT2D eigenvalue weighted by Crippen LogP contribution is -2.16. The second kappa shape index (κ2) is 8.25. The molecule has 0 spiro atoms. The first-order valence-electron chi connectivity index (χ1n) is 10.4. The van der Waals surface area contributed by atoms with E-state index in [1.54, 1.807) is 36.4 Å². The summed E-state index contributed by atoms with van der Waals surface area (Å²) in [7, 11) is -3.89. The number of hydrogen-bond acceptors (Lipinski definition) is 7. The zero-order valence-corrected chi connectivity index (χ0v) is 18.9. The molecular formula is C24H22N4O4S. The van der Waals surface area contributed by atoms with Gasteiger partial charge in [-0.25, -0.2) is 18.4 Å². The van der Waals surface area contributed by atoms with Crippen molar-refractivity contribution in [2.24, 2.45) is 0 Å². The van der Waals surface area contributed by atoms with Gasteiger partial charge in [0.05, 0.1) is 15.9 Å². The van der Waals surface area contributed by atoms with Crippen LogP contribution >= 0.6 is 0 Å². The SMILES string of the molecule is Cc1ccc(S(=O)(=O)Nc2nc3ccccc3nc2Nc2ccc3c(c2)OCCO3)cc1C. The molecule has 0 saturated heterocycles. The van der Waals surface area contributed by atoms with E-state index < -0.39 is 10.0 Å². The molecule has 33 heavy (non-hydrogen) atoms. The summed E-state index contributed by atoms with van der Waals surface area (Å²) in [4.78, 5) is 9.32. The Morgan fingerprint density at radius 2 is 1.48 bits per heavy atom. The normalized spacial score (nSPS) is 13.0. The predicted octanol–water partition coefficient (Wildman–Crippen LogP) is 4.56. The number of ether oxygens (including phenoxy) is 2. The molecule has 0 atom stereocenters. The van der Waals surface area contributed by atoms with Crippen molar-refractivity contribution in [2.75, 3.05) is 23.3 Å². The van der Waals surface area contributed by atoms with Crippen LogP contribution in [0.2, 0.25) is 0 Å². The zero-order chi connectivity index (χ0) is 23.0. The Labute approximate surface area is 191 Å². The third kappa shape index (κ3) is 4.27. The van der Waals surface area contributed by atoms with Gasteiger partial charge in [-0.1, -0.05) is 18.2 Å². The van der Waals surface area contributed by atoms with E-state index in [-0.39, 0.29) is 16.5 Å². The van der Waals surface area contributed by atoms with E-state index in [0.29, 0.717) is 41.4 Å². The van der Waals surface area contributed by atoms with Gasteiger partial charge in [-0.3, -0.25) is 4.72 Å².